The highest BCUT2D eigenvalue weighted by Crippen LogP contribution is 2.35. The summed E-state index contributed by atoms with van der Waals surface area (Å²) in [5.74, 6) is -0.277. The second-order valence-electron chi connectivity index (χ2n) is 4.50. The average molecular weight is 375 g/mol. The lowest BCUT2D eigenvalue weighted by Crippen LogP contribution is -2.20. The molecule has 0 aliphatic heterocycles. The maximum Gasteiger partial charge on any atom is 0.0871 e. The molecule has 2 nitrogen and oxygen atoms in total. The van der Waals surface area contributed by atoms with Crippen molar-refractivity contribution in [2.24, 2.45) is 5.73 Å². The lowest BCUT2D eigenvalue weighted by atomic mass is 9.89. The maximum absolute atomic E-state index is 10.5. The predicted molar refractivity (Wildman–Crippen MR) is 87.4 cm³/mol. The molecule has 0 saturated carbocycles. The Balaban J connectivity index is 2.33. The van der Waals surface area contributed by atoms with Gasteiger partial charge in [0.25, 0.3) is 0 Å². The predicted octanol–water partition coefficient (Wildman–Crippen LogP) is 4.53. The number of rotatable bonds is 4. The van der Waals surface area contributed by atoms with Gasteiger partial charge in [-0.1, -0.05) is 57.3 Å². The quantitative estimate of drug-likeness (QED) is 0.825. The Kier molecular flexibility index (Phi) is 5.47. The molecule has 2 rings (SSSR count). The molecule has 20 heavy (non-hydrogen) atoms. The van der Waals surface area contributed by atoms with Crippen molar-refractivity contribution in [3.63, 3.8) is 0 Å². The van der Waals surface area contributed by atoms with Gasteiger partial charge in [-0.2, -0.15) is 0 Å². The van der Waals surface area contributed by atoms with Gasteiger partial charge in [0.05, 0.1) is 6.10 Å². The fraction of sp³-hybridized carbons (Fsp3) is 0.200. The van der Waals surface area contributed by atoms with E-state index in [4.69, 9.17) is 28.9 Å². The largest absolute Gasteiger partial charge is 0.388 e. The Morgan fingerprint density at radius 1 is 1.10 bits per heavy atom. The number of halogens is 3. The Hall–Kier alpha value is -0.580. The SMILES string of the molecule is NCC(c1ccc(Cl)cc1Cl)C(O)c1ccc(Br)cc1. The molecule has 0 bridgehead atoms. The normalized spacial score (nSPS) is 14.1. The minimum absolute atomic E-state index is 0.277. The van der Waals surface area contributed by atoms with E-state index in [1.54, 1.807) is 12.1 Å². The molecule has 3 N–H and O–H groups in total. The van der Waals surface area contributed by atoms with Gasteiger partial charge in [-0.3, -0.25) is 0 Å². The minimum atomic E-state index is -0.716. The number of hydrogen-bond donors (Lipinski definition) is 2. The van der Waals surface area contributed by atoms with E-state index < -0.39 is 6.10 Å². The summed E-state index contributed by atoms with van der Waals surface area (Å²) >= 11 is 15.5. The molecular weight excluding hydrogens is 361 g/mol. The molecule has 106 valence electrons. The van der Waals surface area contributed by atoms with Gasteiger partial charge in [0.15, 0.2) is 0 Å². The first-order valence-corrected chi connectivity index (χ1v) is 7.66. The molecular formula is C15H14BrCl2NO. The average Bonchev–Trinajstić information content (AvgIpc) is 2.42. The Bertz CT molecular complexity index is 589. The van der Waals surface area contributed by atoms with Crippen molar-refractivity contribution in [2.45, 2.75) is 12.0 Å². The van der Waals surface area contributed by atoms with Gasteiger partial charge >= 0.3 is 0 Å². The third-order valence-electron chi connectivity index (χ3n) is 3.21. The summed E-state index contributed by atoms with van der Waals surface area (Å²) in [5.41, 5.74) is 7.42. The minimum Gasteiger partial charge on any atom is -0.388 e. The van der Waals surface area contributed by atoms with E-state index in [1.165, 1.54) is 0 Å². The standard InChI is InChI=1S/C15H14BrCl2NO/c16-10-3-1-9(2-4-10)15(20)13(8-19)12-6-5-11(17)7-14(12)18/h1-7,13,15,20H,8,19H2. The van der Waals surface area contributed by atoms with E-state index in [1.807, 2.05) is 30.3 Å². The van der Waals surface area contributed by atoms with Crippen LogP contribution < -0.4 is 5.73 Å². The molecule has 2 unspecified atom stereocenters. The van der Waals surface area contributed by atoms with Gasteiger partial charge < -0.3 is 10.8 Å². The fourth-order valence-corrected chi connectivity index (χ4v) is 2.93. The monoisotopic (exact) mass is 373 g/mol. The van der Waals surface area contributed by atoms with Crippen LogP contribution in [0, 0.1) is 0 Å². The number of nitrogens with two attached hydrogens (primary N) is 1. The second-order valence-corrected chi connectivity index (χ2v) is 6.26. The highest BCUT2D eigenvalue weighted by molar-refractivity contribution is 9.10. The fourth-order valence-electron chi connectivity index (χ4n) is 2.12. The molecule has 0 radical (unpaired) electrons. The van der Waals surface area contributed by atoms with E-state index in [2.05, 4.69) is 15.9 Å². The van der Waals surface area contributed by atoms with E-state index in [0.29, 0.717) is 16.6 Å². The molecule has 0 aromatic heterocycles. The van der Waals surface area contributed by atoms with Gasteiger partial charge in [-0.25, -0.2) is 0 Å². The molecule has 0 fully saturated rings. The van der Waals surface area contributed by atoms with E-state index in [0.717, 1.165) is 15.6 Å². The van der Waals surface area contributed by atoms with Crippen LogP contribution >= 0.6 is 39.1 Å². The van der Waals surface area contributed by atoms with E-state index in [-0.39, 0.29) is 5.92 Å². The summed E-state index contributed by atoms with van der Waals surface area (Å²) in [4.78, 5) is 0. The topological polar surface area (TPSA) is 46.2 Å². The number of aliphatic hydroxyl groups is 1. The molecule has 0 saturated heterocycles. The zero-order valence-corrected chi connectivity index (χ0v) is 13.7. The second kappa shape index (κ2) is 6.92. The molecule has 2 atom stereocenters. The molecule has 2 aromatic rings. The summed E-state index contributed by atoms with van der Waals surface area (Å²) in [6.45, 7) is 0.290. The summed E-state index contributed by atoms with van der Waals surface area (Å²) in [7, 11) is 0. The number of hydrogen-bond acceptors (Lipinski definition) is 2. The van der Waals surface area contributed by atoms with Crippen molar-refractivity contribution >= 4 is 39.1 Å². The van der Waals surface area contributed by atoms with Crippen LogP contribution in [0.1, 0.15) is 23.1 Å². The number of benzene rings is 2. The maximum atomic E-state index is 10.5. The van der Waals surface area contributed by atoms with Gasteiger partial charge in [0.1, 0.15) is 0 Å². The van der Waals surface area contributed by atoms with Crippen molar-refractivity contribution in [3.8, 4) is 0 Å². The van der Waals surface area contributed by atoms with Crippen molar-refractivity contribution in [2.75, 3.05) is 6.54 Å². The molecule has 0 spiro atoms. The number of aliphatic hydroxyl groups excluding tert-OH is 1. The summed E-state index contributed by atoms with van der Waals surface area (Å²) in [5, 5.41) is 11.6. The Morgan fingerprint density at radius 3 is 2.30 bits per heavy atom. The van der Waals surface area contributed by atoms with Crippen LogP contribution in [0.25, 0.3) is 0 Å². The first-order chi connectivity index (χ1) is 9.52. The third-order valence-corrected chi connectivity index (χ3v) is 4.30. The lowest BCUT2D eigenvalue weighted by molar-refractivity contribution is 0.147. The van der Waals surface area contributed by atoms with Crippen LogP contribution in [0.15, 0.2) is 46.9 Å². The zero-order chi connectivity index (χ0) is 14.7. The molecule has 0 aliphatic rings. The van der Waals surface area contributed by atoms with Crippen LogP contribution in [-0.4, -0.2) is 11.7 Å². The van der Waals surface area contributed by atoms with E-state index in [9.17, 15) is 5.11 Å². The lowest BCUT2D eigenvalue weighted by Gasteiger charge is -2.23. The van der Waals surface area contributed by atoms with E-state index >= 15 is 0 Å². The summed E-state index contributed by atoms with van der Waals surface area (Å²) in [6.07, 6.45) is -0.716. The van der Waals surface area contributed by atoms with Crippen LogP contribution in [-0.2, 0) is 0 Å². The summed E-state index contributed by atoms with van der Waals surface area (Å²) < 4.78 is 0.960. The van der Waals surface area contributed by atoms with Crippen molar-refractivity contribution in [1.29, 1.82) is 0 Å². The summed E-state index contributed by atoms with van der Waals surface area (Å²) in [6, 6.07) is 12.7. The first kappa shape index (κ1) is 15.8. The van der Waals surface area contributed by atoms with Crippen LogP contribution in [0.2, 0.25) is 10.0 Å². The van der Waals surface area contributed by atoms with Gasteiger partial charge in [-0.05, 0) is 35.4 Å². The van der Waals surface area contributed by atoms with Crippen molar-refractivity contribution < 1.29 is 5.11 Å². The van der Waals surface area contributed by atoms with Gasteiger partial charge in [-0.15, -0.1) is 0 Å². The molecule has 5 heteroatoms. The van der Waals surface area contributed by atoms with Gasteiger partial charge in [0.2, 0.25) is 0 Å². The van der Waals surface area contributed by atoms with Crippen molar-refractivity contribution in [1.82, 2.24) is 0 Å². The van der Waals surface area contributed by atoms with Crippen LogP contribution in [0.5, 0.6) is 0 Å². The molecule has 0 amide bonds. The molecule has 0 heterocycles. The van der Waals surface area contributed by atoms with Crippen molar-refractivity contribution in [3.05, 3.63) is 68.1 Å². The Morgan fingerprint density at radius 2 is 1.75 bits per heavy atom. The third kappa shape index (κ3) is 3.54. The molecule has 0 aliphatic carbocycles. The first-order valence-electron chi connectivity index (χ1n) is 6.11. The molecule has 2 aromatic carbocycles. The zero-order valence-electron chi connectivity index (χ0n) is 10.6. The van der Waals surface area contributed by atoms with Gasteiger partial charge in [0, 0.05) is 27.0 Å². The van der Waals surface area contributed by atoms with Crippen LogP contribution in [0.3, 0.4) is 0 Å². The van der Waals surface area contributed by atoms with Crippen LogP contribution in [0.4, 0.5) is 0 Å². The smallest absolute Gasteiger partial charge is 0.0871 e. The highest BCUT2D eigenvalue weighted by Gasteiger charge is 2.23. The Labute approximate surface area is 136 Å². The highest BCUT2D eigenvalue weighted by atomic mass is 79.9.